The second-order valence-electron chi connectivity index (χ2n) is 6.01. The second kappa shape index (κ2) is 7.58. The Morgan fingerprint density at radius 2 is 2.08 bits per heavy atom. The van der Waals surface area contributed by atoms with Gasteiger partial charge in [-0.25, -0.2) is 4.39 Å². The summed E-state index contributed by atoms with van der Waals surface area (Å²) in [6.07, 6.45) is 1.66. The van der Waals surface area contributed by atoms with Crippen LogP contribution < -0.4 is 14.2 Å². The second-order valence-corrected chi connectivity index (χ2v) is 6.77. The monoisotopic (exact) mass is 468 g/mol. The van der Waals surface area contributed by atoms with Gasteiger partial charge < -0.3 is 15.6 Å². The van der Waals surface area contributed by atoms with Crippen molar-refractivity contribution in [1.82, 2.24) is 13.8 Å². The van der Waals surface area contributed by atoms with E-state index in [4.69, 9.17) is 0 Å². The summed E-state index contributed by atoms with van der Waals surface area (Å²) in [5, 5.41) is 5.56. The van der Waals surface area contributed by atoms with E-state index in [9.17, 15) is 14.0 Å². The van der Waals surface area contributed by atoms with E-state index in [1.807, 2.05) is 36.7 Å². The Morgan fingerprint density at radius 3 is 2.81 bits per heavy atom. The van der Waals surface area contributed by atoms with E-state index in [0.29, 0.717) is 46.9 Å². The number of hydrogen-bond donors (Lipinski definition) is 4. The SMILES string of the molecule is Cc1[nH]c(/C=C2\C(=O)Nc3ccc(F)cc32)c(C)c1C(=O)NCCNI. The standard InChI is InChI=1S/C18H18FIN4O2/c1-9-15(23-10(2)16(9)18(26)21-5-6-22-20)8-13-12-7-11(19)3-4-14(12)24-17(13)25/h3-4,7-8,22-23H,5-6H2,1-2H3,(H,21,26)(H,24,25)/b13-8-. The van der Waals surface area contributed by atoms with Crippen molar-refractivity contribution in [3.05, 3.63) is 52.1 Å². The average molecular weight is 468 g/mol. The van der Waals surface area contributed by atoms with Gasteiger partial charge in [-0.2, -0.15) is 0 Å². The van der Waals surface area contributed by atoms with Crippen molar-refractivity contribution in [2.24, 2.45) is 0 Å². The van der Waals surface area contributed by atoms with E-state index in [0.717, 1.165) is 5.56 Å². The number of aromatic amines is 1. The highest BCUT2D eigenvalue weighted by Crippen LogP contribution is 2.34. The summed E-state index contributed by atoms with van der Waals surface area (Å²) in [5.41, 5.74) is 4.13. The number of anilines is 1. The molecule has 0 radical (unpaired) electrons. The zero-order chi connectivity index (χ0) is 18.8. The van der Waals surface area contributed by atoms with Crippen LogP contribution in [0.3, 0.4) is 0 Å². The number of nitrogens with one attached hydrogen (secondary N) is 4. The Labute approximate surface area is 164 Å². The van der Waals surface area contributed by atoms with E-state index in [1.165, 1.54) is 18.2 Å². The summed E-state index contributed by atoms with van der Waals surface area (Å²) in [6.45, 7) is 4.80. The number of amides is 2. The molecule has 0 unspecified atom stereocenters. The van der Waals surface area contributed by atoms with Gasteiger partial charge in [0, 0.05) is 58.6 Å². The summed E-state index contributed by atoms with van der Waals surface area (Å²) in [4.78, 5) is 27.8. The van der Waals surface area contributed by atoms with Crippen LogP contribution in [0.4, 0.5) is 10.1 Å². The number of fused-ring (bicyclic) bond motifs is 1. The minimum absolute atomic E-state index is 0.171. The molecule has 1 aromatic carbocycles. The Morgan fingerprint density at radius 1 is 1.31 bits per heavy atom. The van der Waals surface area contributed by atoms with E-state index in [2.05, 4.69) is 19.1 Å². The molecule has 3 rings (SSSR count). The highest BCUT2D eigenvalue weighted by Gasteiger charge is 2.26. The average Bonchev–Trinajstić information content (AvgIpc) is 3.04. The molecule has 1 aromatic heterocycles. The van der Waals surface area contributed by atoms with Gasteiger partial charge in [-0.3, -0.25) is 13.1 Å². The number of halogens is 2. The van der Waals surface area contributed by atoms with Crippen molar-refractivity contribution in [2.75, 3.05) is 18.4 Å². The van der Waals surface area contributed by atoms with Gasteiger partial charge in [0.25, 0.3) is 11.8 Å². The van der Waals surface area contributed by atoms with Crippen molar-refractivity contribution >= 4 is 52.0 Å². The summed E-state index contributed by atoms with van der Waals surface area (Å²) < 4.78 is 16.5. The molecule has 1 aliphatic heterocycles. The minimum atomic E-state index is -0.408. The maximum absolute atomic E-state index is 13.6. The molecule has 0 saturated heterocycles. The number of benzene rings is 1. The first kappa shape index (κ1) is 18.6. The molecule has 2 amide bonds. The highest BCUT2D eigenvalue weighted by atomic mass is 127. The van der Waals surface area contributed by atoms with Crippen LogP contribution in [0.2, 0.25) is 0 Å². The third kappa shape index (κ3) is 3.51. The molecule has 2 aromatic rings. The lowest BCUT2D eigenvalue weighted by Crippen LogP contribution is -2.29. The topological polar surface area (TPSA) is 86.0 Å². The van der Waals surface area contributed by atoms with Crippen molar-refractivity contribution in [3.63, 3.8) is 0 Å². The fraction of sp³-hybridized carbons (Fsp3) is 0.222. The number of aromatic nitrogens is 1. The molecular formula is C18H18FIN4O2. The van der Waals surface area contributed by atoms with Gasteiger partial charge in [0.15, 0.2) is 0 Å². The summed E-state index contributed by atoms with van der Waals surface area (Å²) >= 11 is 2.02. The Balaban J connectivity index is 1.96. The van der Waals surface area contributed by atoms with Crippen LogP contribution in [0.5, 0.6) is 0 Å². The molecule has 0 spiro atoms. The molecule has 0 fully saturated rings. The number of rotatable bonds is 5. The van der Waals surface area contributed by atoms with Crippen LogP contribution in [-0.4, -0.2) is 29.9 Å². The molecule has 0 saturated carbocycles. The quantitative estimate of drug-likeness (QED) is 0.236. The molecule has 1 aliphatic rings. The van der Waals surface area contributed by atoms with Gasteiger partial charge >= 0.3 is 0 Å². The number of hydrogen-bond acceptors (Lipinski definition) is 3. The van der Waals surface area contributed by atoms with E-state index in [-0.39, 0.29) is 11.8 Å². The summed E-state index contributed by atoms with van der Waals surface area (Å²) in [6, 6.07) is 4.17. The number of H-pyrrole nitrogens is 1. The lowest BCUT2D eigenvalue weighted by Gasteiger charge is -2.05. The van der Waals surface area contributed by atoms with E-state index >= 15 is 0 Å². The lowest BCUT2D eigenvalue weighted by atomic mass is 10.0. The minimum Gasteiger partial charge on any atom is -0.358 e. The van der Waals surface area contributed by atoms with Gasteiger partial charge in [-0.1, -0.05) is 0 Å². The van der Waals surface area contributed by atoms with Crippen molar-refractivity contribution in [3.8, 4) is 0 Å². The van der Waals surface area contributed by atoms with Gasteiger partial charge in [-0.05, 0) is 43.7 Å². The van der Waals surface area contributed by atoms with Crippen LogP contribution >= 0.6 is 22.9 Å². The van der Waals surface area contributed by atoms with Crippen LogP contribution in [0, 0.1) is 19.7 Å². The molecule has 2 heterocycles. The van der Waals surface area contributed by atoms with Crippen LogP contribution in [-0.2, 0) is 4.79 Å². The molecular weight excluding hydrogens is 450 g/mol. The molecule has 0 atom stereocenters. The predicted molar refractivity (Wildman–Crippen MR) is 108 cm³/mol. The van der Waals surface area contributed by atoms with Crippen LogP contribution in [0.15, 0.2) is 18.2 Å². The molecule has 0 aliphatic carbocycles. The smallest absolute Gasteiger partial charge is 0.256 e. The molecule has 6 nitrogen and oxygen atoms in total. The maximum Gasteiger partial charge on any atom is 0.256 e. The van der Waals surface area contributed by atoms with Crippen LogP contribution in [0.25, 0.3) is 11.6 Å². The van der Waals surface area contributed by atoms with E-state index in [1.54, 1.807) is 6.08 Å². The third-order valence-electron chi connectivity index (χ3n) is 4.26. The van der Waals surface area contributed by atoms with Gasteiger partial charge in [-0.15, -0.1) is 0 Å². The largest absolute Gasteiger partial charge is 0.358 e. The Bertz CT molecular complexity index is 920. The first-order valence-electron chi connectivity index (χ1n) is 8.06. The third-order valence-corrected chi connectivity index (χ3v) is 4.80. The number of carbonyl (C=O) groups is 2. The zero-order valence-corrected chi connectivity index (χ0v) is 16.5. The highest BCUT2D eigenvalue weighted by molar-refractivity contribution is 14.1. The van der Waals surface area contributed by atoms with Crippen molar-refractivity contribution in [2.45, 2.75) is 13.8 Å². The van der Waals surface area contributed by atoms with Gasteiger partial charge in [0.1, 0.15) is 5.82 Å². The van der Waals surface area contributed by atoms with Crippen molar-refractivity contribution in [1.29, 1.82) is 0 Å². The molecule has 26 heavy (non-hydrogen) atoms. The Kier molecular flexibility index (Phi) is 5.42. The molecule has 136 valence electrons. The maximum atomic E-state index is 13.6. The van der Waals surface area contributed by atoms with E-state index < -0.39 is 5.82 Å². The first-order chi connectivity index (χ1) is 12.4. The number of aryl methyl sites for hydroxylation is 1. The first-order valence-corrected chi connectivity index (χ1v) is 9.14. The Hall–Kier alpha value is -2.20. The number of carbonyl (C=O) groups excluding carboxylic acids is 2. The molecule has 8 heteroatoms. The normalized spacial score (nSPS) is 14.5. The predicted octanol–water partition coefficient (Wildman–Crippen LogP) is 2.93. The zero-order valence-electron chi connectivity index (χ0n) is 14.3. The van der Waals surface area contributed by atoms with Crippen molar-refractivity contribution < 1.29 is 14.0 Å². The fourth-order valence-corrected chi connectivity index (χ4v) is 3.29. The summed E-state index contributed by atoms with van der Waals surface area (Å²) in [7, 11) is 0. The van der Waals surface area contributed by atoms with Crippen LogP contribution in [0.1, 0.15) is 32.9 Å². The molecule has 0 bridgehead atoms. The fourth-order valence-electron chi connectivity index (χ4n) is 3.02. The van der Waals surface area contributed by atoms with Gasteiger partial charge in [0.05, 0.1) is 11.1 Å². The van der Waals surface area contributed by atoms with Gasteiger partial charge in [0.2, 0.25) is 0 Å². The molecule has 4 N–H and O–H groups in total. The summed E-state index contributed by atoms with van der Waals surface area (Å²) in [5.74, 6) is -0.874. The lowest BCUT2D eigenvalue weighted by molar-refractivity contribution is -0.110.